The lowest BCUT2D eigenvalue weighted by Gasteiger charge is -2.20. The van der Waals surface area contributed by atoms with Crippen LogP contribution in [0.3, 0.4) is 0 Å². The highest BCUT2D eigenvalue weighted by molar-refractivity contribution is 5.71. The summed E-state index contributed by atoms with van der Waals surface area (Å²) in [5.74, 6) is -0.905. The van der Waals surface area contributed by atoms with Gasteiger partial charge >= 0.3 is 0 Å². The molecule has 4 aromatic rings. The Bertz CT molecular complexity index is 1410. The van der Waals surface area contributed by atoms with Gasteiger partial charge in [0.15, 0.2) is 0 Å². The van der Waals surface area contributed by atoms with Crippen LogP contribution in [0.15, 0.2) is 59.7 Å². The van der Waals surface area contributed by atoms with E-state index in [1.807, 2.05) is 6.07 Å². The second-order valence-electron chi connectivity index (χ2n) is 6.90. The van der Waals surface area contributed by atoms with Crippen molar-refractivity contribution in [1.82, 2.24) is 14.4 Å². The Kier molecular flexibility index (Phi) is 5.05. The first-order chi connectivity index (χ1) is 14.9. The van der Waals surface area contributed by atoms with Crippen LogP contribution < -0.4 is 16.6 Å². The van der Waals surface area contributed by atoms with E-state index in [0.29, 0.717) is 16.6 Å². The molecule has 3 aromatic heterocycles. The maximum absolute atomic E-state index is 13.9. The summed E-state index contributed by atoms with van der Waals surface area (Å²) in [5.41, 5.74) is 6.83. The van der Waals surface area contributed by atoms with Crippen molar-refractivity contribution in [2.75, 3.05) is 11.1 Å². The quantitative estimate of drug-likeness (QED) is 0.524. The van der Waals surface area contributed by atoms with Crippen molar-refractivity contribution in [3.8, 4) is 17.2 Å². The number of nitrogens with zero attached hydrogens (tertiary/aromatic N) is 4. The standard InChI is InChI=1S/C22H16F2N6O/c1-12(28-20-14(9-25)10-27-22(26)29-20)18-8-17-6-5-16(24)11-30(17)21(31)19(18)13-3-2-4-15(23)7-13/h2-8,10-12H,1H3,(H3,26,27,28,29)/t12-/m1/s1. The van der Waals surface area contributed by atoms with Crippen molar-refractivity contribution in [2.24, 2.45) is 0 Å². The number of hydrogen-bond donors (Lipinski definition) is 2. The lowest BCUT2D eigenvalue weighted by Crippen LogP contribution is -2.21. The first kappa shape index (κ1) is 20.0. The van der Waals surface area contributed by atoms with Crippen LogP contribution in [0.5, 0.6) is 0 Å². The summed E-state index contributed by atoms with van der Waals surface area (Å²) in [6.45, 7) is 1.76. The zero-order valence-electron chi connectivity index (χ0n) is 16.3. The second-order valence-corrected chi connectivity index (χ2v) is 6.90. The molecule has 3 N–H and O–H groups in total. The van der Waals surface area contributed by atoms with Gasteiger partial charge in [0.2, 0.25) is 5.95 Å². The van der Waals surface area contributed by atoms with Crippen LogP contribution in [-0.2, 0) is 0 Å². The smallest absolute Gasteiger partial charge is 0.263 e. The molecule has 0 aliphatic carbocycles. The number of pyridine rings is 2. The minimum atomic E-state index is -0.575. The van der Waals surface area contributed by atoms with E-state index in [-0.39, 0.29) is 22.9 Å². The number of benzene rings is 1. The Morgan fingerprint density at radius 1 is 1.19 bits per heavy atom. The molecule has 0 radical (unpaired) electrons. The molecule has 31 heavy (non-hydrogen) atoms. The van der Waals surface area contributed by atoms with Gasteiger partial charge in [-0.1, -0.05) is 12.1 Å². The maximum atomic E-state index is 13.9. The van der Waals surface area contributed by atoms with Gasteiger partial charge in [-0.3, -0.25) is 9.20 Å². The Morgan fingerprint density at radius 3 is 2.74 bits per heavy atom. The van der Waals surface area contributed by atoms with E-state index in [1.54, 1.807) is 19.1 Å². The third-order valence-corrected chi connectivity index (χ3v) is 4.83. The Hall–Kier alpha value is -4.32. The van der Waals surface area contributed by atoms with E-state index in [2.05, 4.69) is 15.3 Å². The molecule has 1 atom stereocenters. The Labute approximate surface area is 175 Å². The van der Waals surface area contributed by atoms with E-state index in [9.17, 15) is 18.8 Å². The highest BCUT2D eigenvalue weighted by atomic mass is 19.1. The zero-order valence-corrected chi connectivity index (χ0v) is 16.3. The van der Waals surface area contributed by atoms with Crippen molar-refractivity contribution in [3.05, 3.63) is 88.0 Å². The number of aromatic nitrogens is 3. The van der Waals surface area contributed by atoms with Gasteiger partial charge in [-0.15, -0.1) is 0 Å². The lowest BCUT2D eigenvalue weighted by molar-refractivity contribution is 0.618. The van der Waals surface area contributed by atoms with E-state index >= 15 is 0 Å². The molecule has 0 amide bonds. The van der Waals surface area contributed by atoms with Crippen molar-refractivity contribution < 1.29 is 8.78 Å². The number of nitrogen functional groups attached to an aromatic ring is 1. The number of nitrogens with one attached hydrogen (secondary N) is 1. The number of nitrogens with two attached hydrogens (primary N) is 1. The third kappa shape index (κ3) is 3.79. The number of nitriles is 1. The third-order valence-electron chi connectivity index (χ3n) is 4.83. The van der Waals surface area contributed by atoms with Gasteiger partial charge in [0.1, 0.15) is 29.1 Å². The van der Waals surface area contributed by atoms with Crippen LogP contribution in [0.25, 0.3) is 16.6 Å². The molecule has 1 aromatic carbocycles. The Morgan fingerprint density at radius 2 is 2.00 bits per heavy atom. The average Bonchev–Trinajstić information content (AvgIpc) is 2.74. The molecular weight excluding hydrogens is 402 g/mol. The van der Waals surface area contributed by atoms with Crippen molar-refractivity contribution >= 4 is 17.3 Å². The summed E-state index contributed by atoms with van der Waals surface area (Å²) < 4.78 is 28.9. The van der Waals surface area contributed by atoms with Gasteiger partial charge < -0.3 is 11.1 Å². The van der Waals surface area contributed by atoms with Crippen LogP contribution in [0, 0.1) is 23.0 Å². The van der Waals surface area contributed by atoms with Crippen LogP contribution in [0.1, 0.15) is 24.1 Å². The van der Waals surface area contributed by atoms with Crippen LogP contribution in [0.2, 0.25) is 0 Å². The predicted molar refractivity (Wildman–Crippen MR) is 112 cm³/mol. The molecule has 154 valence electrons. The predicted octanol–water partition coefficient (Wildman–Crippen LogP) is 3.66. The van der Waals surface area contributed by atoms with E-state index in [1.165, 1.54) is 40.9 Å². The number of anilines is 2. The fraction of sp³-hybridized carbons (Fsp3) is 0.0909. The molecule has 0 bridgehead atoms. The summed E-state index contributed by atoms with van der Waals surface area (Å²) in [6.07, 6.45) is 2.38. The molecule has 0 unspecified atom stereocenters. The average molecular weight is 418 g/mol. The summed E-state index contributed by atoms with van der Waals surface area (Å²) in [7, 11) is 0. The highest BCUT2D eigenvalue weighted by Gasteiger charge is 2.20. The molecule has 9 heteroatoms. The molecule has 0 saturated heterocycles. The topological polar surface area (TPSA) is 109 Å². The van der Waals surface area contributed by atoms with Crippen molar-refractivity contribution in [3.63, 3.8) is 0 Å². The van der Waals surface area contributed by atoms with Crippen LogP contribution in [0.4, 0.5) is 20.5 Å². The molecule has 0 aliphatic rings. The normalized spacial score (nSPS) is 11.8. The van der Waals surface area contributed by atoms with Gasteiger partial charge in [-0.2, -0.15) is 10.2 Å². The first-order valence-corrected chi connectivity index (χ1v) is 9.27. The van der Waals surface area contributed by atoms with E-state index < -0.39 is 23.2 Å². The van der Waals surface area contributed by atoms with Gasteiger partial charge in [-0.25, -0.2) is 13.8 Å². The molecule has 4 rings (SSSR count). The summed E-state index contributed by atoms with van der Waals surface area (Å²) >= 11 is 0. The lowest BCUT2D eigenvalue weighted by atomic mass is 9.96. The van der Waals surface area contributed by atoms with Crippen molar-refractivity contribution in [1.29, 1.82) is 5.26 Å². The van der Waals surface area contributed by atoms with E-state index in [4.69, 9.17) is 5.73 Å². The summed E-state index contributed by atoms with van der Waals surface area (Å²) in [6, 6.07) is 11.5. The van der Waals surface area contributed by atoms with Crippen LogP contribution in [-0.4, -0.2) is 14.4 Å². The minimum absolute atomic E-state index is 0.0203. The monoisotopic (exact) mass is 418 g/mol. The molecule has 0 spiro atoms. The first-order valence-electron chi connectivity index (χ1n) is 9.27. The van der Waals surface area contributed by atoms with Gasteiger partial charge in [0, 0.05) is 11.7 Å². The SMILES string of the molecule is C[C@@H](Nc1nc(N)ncc1C#N)c1cc2ccc(F)cn2c(=O)c1-c1cccc(F)c1. The summed E-state index contributed by atoms with van der Waals surface area (Å²) in [5, 5.41) is 12.4. The fourth-order valence-electron chi connectivity index (χ4n) is 3.40. The maximum Gasteiger partial charge on any atom is 0.263 e. The molecule has 7 nitrogen and oxygen atoms in total. The van der Waals surface area contributed by atoms with Crippen molar-refractivity contribution in [2.45, 2.75) is 13.0 Å². The minimum Gasteiger partial charge on any atom is -0.368 e. The number of rotatable bonds is 4. The van der Waals surface area contributed by atoms with Gasteiger partial charge in [-0.05, 0) is 48.4 Å². The Balaban J connectivity index is 1.93. The number of hydrogen-bond acceptors (Lipinski definition) is 6. The zero-order chi connectivity index (χ0) is 22.1. The molecule has 0 fully saturated rings. The molecule has 0 aliphatic heterocycles. The summed E-state index contributed by atoms with van der Waals surface area (Å²) in [4.78, 5) is 21.2. The number of fused-ring (bicyclic) bond motifs is 1. The highest BCUT2D eigenvalue weighted by Crippen LogP contribution is 2.30. The largest absolute Gasteiger partial charge is 0.368 e. The second kappa shape index (κ2) is 7.84. The van der Waals surface area contributed by atoms with Crippen LogP contribution >= 0.6 is 0 Å². The van der Waals surface area contributed by atoms with Gasteiger partial charge in [0.05, 0.1) is 17.8 Å². The fourth-order valence-corrected chi connectivity index (χ4v) is 3.40. The molecule has 0 saturated carbocycles. The van der Waals surface area contributed by atoms with E-state index in [0.717, 1.165) is 6.20 Å². The van der Waals surface area contributed by atoms with Gasteiger partial charge in [0.25, 0.3) is 5.56 Å². The molecule has 3 heterocycles. The number of halogens is 2. The molecular formula is C22H16F2N6O.